The van der Waals surface area contributed by atoms with Crippen molar-refractivity contribution in [3.63, 3.8) is 0 Å². The van der Waals surface area contributed by atoms with Crippen molar-refractivity contribution in [3.05, 3.63) is 64.8 Å². The molecule has 0 saturated heterocycles. The summed E-state index contributed by atoms with van der Waals surface area (Å²) < 4.78 is 0. The van der Waals surface area contributed by atoms with E-state index in [9.17, 15) is 9.59 Å². The second-order valence-electron chi connectivity index (χ2n) is 8.27. The number of likely N-dealkylation sites (N-methyl/N-ethyl adjacent to an activating group) is 1. The molecule has 5 nitrogen and oxygen atoms in total. The van der Waals surface area contributed by atoms with Gasteiger partial charge >= 0.3 is 0 Å². The second-order valence-corrected chi connectivity index (χ2v) is 8.27. The fraction of sp³-hybridized carbons (Fsp3) is 0.333. The van der Waals surface area contributed by atoms with Gasteiger partial charge in [0.15, 0.2) is 0 Å². The van der Waals surface area contributed by atoms with E-state index < -0.39 is 0 Å². The molecule has 0 fully saturated rings. The SMILES string of the molecule is Cc1ccc(NC(=O)CN(C)C(=O)c2ccc3[nH]c4c(c3c2)C[C@@H](C)CC4)cc1. The molecule has 1 aliphatic carbocycles. The summed E-state index contributed by atoms with van der Waals surface area (Å²) >= 11 is 0. The predicted molar refractivity (Wildman–Crippen MR) is 116 cm³/mol. The van der Waals surface area contributed by atoms with Gasteiger partial charge in [-0.3, -0.25) is 9.59 Å². The lowest BCUT2D eigenvalue weighted by atomic mass is 9.87. The topological polar surface area (TPSA) is 65.2 Å². The first-order valence-electron chi connectivity index (χ1n) is 10.2. The third kappa shape index (κ3) is 4.04. The Bertz CT molecular complexity index is 1070. The van der Waals surface area contributed by atoms with Crippen LogP contribution in [0.1, 0.15) is 40.5 Å². The minimum absolute atomic E-state index is 0.00697. The third-order valence-corrected chi connectivity index (χ3v) is 5.74. The number of carbonyl (C=O) groups excluding carboxylic acids is 2. The number of hydrogen-bond donors (Lipinski definition) is 2. The van der Waals surface area contributed by atoms with E-state index in [0.29, 0.717) is 11.5 Å². The van der Waals surface area contributed by atoms with E-state index in [2.05, 4.69) is 17.2 Å². The molecule has 1 aromatic heterocycles. The molecule has 0 spiro atoms. The summed E-state index contributed by atoms with van der Waals surface area (Å²) in [6, 6.07) is 13.4. The van der Waals surface area contributed by atoms with E-state index in [1.807, 2.05) is 49.4 Å². The van der Waals surface area contributed by atoms with Crippen molar-refractivity contribution >= 4 is 28.4 Å². The van der Waals surface area contributed by atoms with Crippen LogP contribution in [0.4, 0.5) is 5.69 Å². The molecule has 150 valence electrons. The van der Waals surface area contributed by atoms with E-state index in [4.69, 9.17) is 0 Å². The summed E-state index contributed by atoms with van der Waals surface area (Å²) in [4.78, 5) is 30.2. The average molecular weight is 389 g/mol. The van der Waals surface area contributed by atoms with Gasteiger partial charge in [-0.15, -0.1) is 0 Å². The van der Waals surface area contributed by atoms with E-state index in [1.54, 1.807) is 7.05 Å². The molecule has 0 unspecified atom stereocenters. The lowest BCUT2D eigenvalue weighted by Gasteiger charge is -2.19. The smallest absolute Gasteiger partial charge is 0.254 e. The maximum Gasteiger partial charge on any atom is 0.254 e. The van der Waals surface area contributed by atoms with Gasteiger partial charge in [0.2, 0.25) is 5.91 Å². The van der Waals surface area contributed by atoms with Gasteiger partial charge in [0, 0.05) is 34.9 Å². The monoisotopic (exact) mass is 389 g/mol. The van der Waals surface area contributed by atoms with Gasteiger partial charge < -0.3 is 15.2 Å². The second kappa shape index (κ2) is 7.74. The Hall–Kier alpha value is -3.08. The Morgan fingerprint density at radius 3 is 2.69 bits per heavy atom. The Labute approximate surface area is 171 Å². The van der Waals surface area contributed by atoms with Crippen molar-refractivity contribution in [1.29, 1.82) is 0 Å². The first kappa shape index (κ1) is 19.2. The average Bonchev–Trinajstić information content (AvgIpc) is 3.06. The lowest BCUT2D eigenvalue weighted by molar-refractivity contribution is -0.116. The quantitative estimate of drug-likeness (QED) is 0.698. The summed E-state index contributed by atoms with van der Waals surface area (Å²) in [5.74, 6) is 0.303. The number of nitrogens with one attached hydrogen (secondary N) is 2. The van der Waals surface area contributed by atoms with Gasteiger partial charge in [0.25, 0.3) is 5.91 Å². The molecular weight excluding hydrogens is 362 g/mol. The number of nitrogens with zero attached hydrogens (tertiary/aromatic N) is 1. The minimum atomic E-state index is -0.210. The van der Waals surface area contributed by atoms with Crippen LogP contribution in [-0.4, -0.2) is 35.3 Å². The van der Waals surface area contributed by atoms with Gasteiger partial charge in [-0.2, -0.15) is 0 Å². The van der Waals surface area contributed by atoms with E-state index in [1.165, 1.54) is 22.6 Å². The Morgan fingerprint density at radius 2 is 1.93 bits per heavy atom. The van der Waals surface area contributed by atoms with Gasteiger partial charge in [-0.05, 0) is 68.0 Å². The van der Waals surface area contributed by atoms with Crippen molar-refractivity contribution < 1.29 is 9.59 Å². The highest BCUT2D eigenvalue weighted by Gasteiger charge is 2.21. The number of anilines is 1. The molecule has 3 aromatic rings. The number of benzene rings is 2. The molecule has 1 heterocycles. The summed E-state index contributed by atoms with van der Waals surface area (Å²) in [5.41, 5.74) is 6.20. The Kier molecular flexibility index (Phi) is 5.14. The fourth-order valence-corrected chi connectivity index (χ4v) is 4.07. The van der Waals surface area contributed by atoms with Crippen LogP contribution < -0.4 is 5.32 Å². The minimum Gasteiger partial charge on any atom is -0.358 e. The predicted octanol–water partition coefficient (Wildman–Crippen LogP) is 4.31. The molecule has 5 heteroatoms. The van der Waals surface area contributed by atoms with E-state index >= 15 is 0 Å². The number of aryl methyl sites for hydroxylation is 2. The largest absolute Gasteiger partial charge is 0.358 e. The molecule has 4 rings (SSSR count). The molecule has 0 aliphatic heterocycles. The van der Waals surface area contributed by atoms with Crippen molar-refractivity contribution in [1.82, 2.24) is 9.88 Å². The molecule has 0 saturated carbocycles. The first-order valence-corrected chi connectivity index (χ1v) is 10.2. The van der Waals surface area contributed by atoms with Crippen LogP contribution in [0.5, 0.6) is 0 Å². The number of H-pyrrole nitrogens is 1. The number of fused-ring (bicyclic) bond motifs is 3. The molecule has 1 aliphatic rings. The molecule has 0 radical (unpaired) electrons. The summed E-state index contributed by atoms with van der Waals surface area (Å²) in [7, 11) is 1.66. The standard InChI is InChI=1S/C24H27N3O2/c1-15-4-8-18(9-5-15)25-23(28)14-27(3)24(29)17-7-11-22-20(13-17)19-12-16(2)6-10-21(19)26-22/h4-5,7-9,11,13,16,26H,6,10,12,14H2,1-3H3,(H,25,28)/t16-/m0/s1. The first-order chi connectivity index (χ1) is 13.9. The van der Waals surface area contributed by atoms with Gasteiger partial charge in [-0.1, -0.05) is 24.6 Å². The number of carbonyl (C=O) groups is 2. The van der Waals surface area contributed by atoms with E-state index in [-0.39, 0.29) is 18.4 Å². The van der Waals surface area contributed by atoms with Crippen LogP contribution in [0.25, 0.3) is 10.9 Å². The van der Waals surface area contributed by atoms with Crippen molar-refractivity contribution in [2.24, 2.45) is 5.92 Å². The lowest BCUT2D eigenvalue weighted by Crippen LogP contribution is -2.34. The van der Waals surface area contributed by atoms with Crippen molar-refractivity contribution in [2.45, 2.75) is 33.1 Å². The molecule has 2 aromatic carbocycles. The highest BCUT2D eigenvalue weighted by atomic mass is 16.2. The number of hydrogen-bond acceptors (Lipinski definition) is 2. The zero-order valence-electron chi connectivity index (χ0n) is 17.2. The van der Waals surface area contributed by atoms with Crippen LogP contribution >= 0.6 is 0 Å². The number of aromatic nitrogens is 1. The highest BCUT2D eigenvalue weighted by molar-refractivity contribution is 6.01. The molecule has 1 atom stereocenters. The molecule has 2 N–H and O–H groups in total. The number of aromatic amines is 1. The summed E-state index contributed by atoms with van der Waals surface area (Å²) in [6.45, 7) is 4.28. The fourth-order valence-electron chi connectivity index (χ4n) is 4.07. The third-order valence-electron chi connectivity index (χ3n) is 5.74. The molecular formula is C24H27N3O2. The van der Waals surface area contributed by atoms with E-state index in [0.717, 1.165) is 35.0 Å². The summed E-state index contributed by atoms with van der Waals surface area (Å²) in [6.07, 6.45) is 3.31. The maximum atomic E-state index is 12.9. The number of amides is 2. The Morgan fingerprint density at radius 1 is 1.17 bits per heavy atom. The van der Waals surface area contributed by atoms with Crippen molar-refractivity contribution in [3.8, 4) is 0 Å². The molecule has 29 heavy (non-hydrogen) atoms. The maximum absolute atomic E-state index is 12.9. The van der Waals surface area contributed by atoms with Gasteiger partial charge in [0.1, 0.15) is 0 Å². The van der Waals surface area contributed by atoms with Gasteiger partial charge in [-0.25, -0.2) is 0 Å². The molecule has 2 amide bonds. The normalized spacial score (nSPS) is 15.8. The van der Waals surface area contributed by atoms with Crippen LogP contribution in [0.3, 0.4) is 0 Å². The van der Waals surface area contributed by atoms with Crippen LogP contribution in [0.2, 0.25) is 0 Å². The van der Waals surface area contributed by atoms with Crippen LogP contribution in [-0.2, 0) is 17.6 Å². The zero-order valence-corrected chi connectivity index (χ0v) is 17.2. The van der Waals surface area contributed by atoms with Gasteiger partial charge in [0.05, 0.1) is 6.54 Å². The number of rotatable bonds is 4. The molecule has 0 bridgehead atoms. The van der Waals surface area contributed by atoms with Crippen LogP contribution in [0, 0.1) is 12.8 Å². The zero-order chi connectivity index (χ0) is 20.5. The Balaban J connectivity index is 1.48. The highest BCUT2D eigenvalue weighted by Crippen LogP contribution is 2.32. The van der Waals surface area contributed by atoms with Crippen LogP contribution in [0.15, 0.2) is 42.5 Å². The summed E-state index contributed by atoms with van der Waals surface area (Å²) in [5, 5.41) is 3.97. The van der Waals surface area contributed by atoms with Crippen molar-refractivity contribution in [2.75, 3.05) is 18.9 Å².